The maximum atomic E-state index is 11.9. The lowest BCUT2D eigenvalue weighted by atomic mass is 9.75. The van der Waals surface area contributed by atoms with E-state index >= 15 is 0 Å². The van der Waals surface area contributed by atoms with E-state index in [1.54, 1.807) is 0 Å². The number of amides is 4. The molecule has 0 aromatic carbocycles. The molecule has 0 aromatic heterocycles. The molecule has 16 heavy (non-hydrogen) atoms. The fourth-order valence-corrected chi connectivity index (χ4v) is 2.95. The monoisotopic (exact) mass is 224 g/mol. The molecule has 88 valence electrons. The summed E-state index contributed by atoms with van der Waals surface area (Å²) < 4.78 is 0. The van der Waals surface area contributed by atoms with Crippen molar-refractivity contribution in [3.8, 4) is 0 Å². The van der Waals surface area contributed by atoms with E-state index < -0.39 is 23.3 Å². The van der Waals surface area contributed by atoms with Crippen LogP contribution in [0.25, 0.3) is 0 Å². The molecule has 1 saturated carbocycles. The minimum absolute atomic E-state index is 0.00875. The number of carbonyl (C=O) groups excluding carboxylic acids is 3. The van der Waals surface area contributed by atoms with Crippen molar-refractivity contribution in [3.05, 3.63) is 0 Å². The lowest BCUT2D eigenvalue weighted by Crippen LogP contribution is -2.63. The average molecular weight is 224 g/mol. The Kier molecular flexibility index (Phi) is 2.48. The van der Waals surface area contributed by atoms with Gasteiger partial charge >= 0.3 is 6.03 Å². The van der Waals surface area contributed by atoms with Crippen LogP contribution in [0.4, 0.5) is 4.79 Å². The van der Waals surface area contributed by atoms with E-state index in [2.05, 4.69) is 17.6 Å². The van der Waals surface area contributed by atoms with Crippen molar-refractivity contribution in [2.75, 3.05) is 0 Å². The first-order chi connectivity index (χ1) is 7.50. The fraction of sp³-hybridized carbons (Fsp3) is 0.727. The van der Waals surface area contributed by atoms with Crippen molar-refractivity contribution in [3.63, 3.8) is 0 Å². The van der Waals surface area contributed by atoms with E-state index in [0.717, 1.165) is 12.8 Å². The summed E-state index contributed by atoms with van der Waals surface area (Å²) in [7, 11) is 0. The summed E-state index contributed by atoms with van der Waals surface area (Å²) in [5.74, 6) is -0.473. The van der Waals surface area contributed by atoms with E-state index in [0.29, 0.717) is 12.3 Å². The number of hydrogen-bond donors (Lipinski definition) is 2. The third-order valence-corrected chi connectivity index (χ3v) is 3.98. The van der Waals surface area contributed by atoms with Crippen LogP contribution in [0.3, 0.4) is 0 Å². The normalized spacial score (nSPS) is 32.8. The third kappa shape index (κ3) is 1.34. The maximum Gasteiger partial charge on any atom is 0.328 e. The molecule has 2 atom stereocenters. The highest BCUT2D eigenvalue weighted by Gasteiger charge is 2.58. The molecule has 2 unspecified atom stereocenters. The van der Waals surface area contributed by atoms with Gasteiger partial charge in [0.15, 0.2) is 0 Å². The van der Waals surface area contributed by atoms with Crippen LogP contribution in [0.5, 0.6) is 0 Å². The van der Waals surface area contributed by atoms with Gasteiger partial charge in [-0.15, -0.1) is 0 Å². The molecule has 2 rings (SSSR count). The summed E-state index contributed by atoms with van der Waals surface area (Å²) in [6, 6.07) is -0.701. The van der Waals surface area contributed by atoms with Crippen LogP contribution < -0.4 is 10.6 Å². The predicted molar refractivity (Wildman–Crippen MR) is 56.3 cm³/mol. The molecule has 1 aliphatic carbocycles. The lowest BCUT2D eigenvalue weighted by molar-refractivity contribution is -0.146. The lowest BCUT2D eigenvalue weighted by Gasteiger charge is -2.33. The van der Waals surface area contributed by atoms with Crippen LogP contribution in [0.2, 0.25) is 0 Å². The molecular formula is C11H16N2O3. The first-order valence-electron chi connectivity index (χ1n) is 5.67. The van der Waals surface area contributed by atoms with Gasteiger partial charge in [0.2, 0.25) is 11.8 Å². The van der Waals surface area contributed by atoms with E-state index in [-0.39, 0.29) is 5.92 Å². The van der Waals surface area contributed by atoms with Gasteiger partial charge in [-0.1, -0.05) is 20.3 Å². The third-order valence-electron chi connectivity index (χ3n) is 3.98. The standard InChI is InChI=1S/C11H16N2O3/c1-3-7-4-6(2)11(5-7)8(14)12-10(16)13-9(11)15/h6-7H,3-5H2,1-2H3,(H2,12,13,14,15,16). The van der Waals surface area contributed by atoms with Crippen molar-refractivity contribution in [2.45, 2.75) is 33.1 Å². The Labute approximate surface area is 94.0 Å². The molecule has 2 aliphatic rings. The smallest absolute Gasteiger partial charge is 0.277 e. The molecule has 1 heterocycles. The number of carbonyl (C=O) groups is 3. The van der Waals surface area contributed by atoms with Crippen molar-refractivity contribution >= 4 is 17.8 Å². The molecule has 0 radical (unpaired) electrons. The first kappa shape index (κ1) is 11.1. The first-order valence-corrected chi connectivity index (χ1v) is 5.67. The van der Waals surface area contributed by atoms with Crippen LogP contribution >= 0.6 is 0 Å². The minimum Gasteiger partial charge on any atom is -0.277 e. The fourth-order valence-electron chi connectivity index (χ4n) is 2.95. The van der Waals surface area contributed by atoms with Crippen LogP contribution in [-0.2, 0) is 9.59 Å². The van der Waals surface area contributed by atoms with Gasteiger partial charge in [-0.2, -0.15) is 0 Å². The summed E-state index contributed by atoms with van der Waals surface area (Å²) in [4.78, 5) is 34.9. The topological polar surface area (TPSA) is 75.3 Å². The Morgan fingerprint density at radius 1 is 1.25 bits per heavy atom. The molecule has 2 N–H and O–H groups in total. The second-order valence-corrected chi connectivity index (χ2v) is 4.82. The molecule has 5 nitrogen and oxygen atoms in total. The molecule has 1 spiro atoms. The molecule has 5 heteroatoms. The van der Waals surface area contributed by atoms with Crippen molar-refractivity contribution < 1.29 is 14.4 Å². The Hall–Kier alpha value is -1.39. The van der Waals surface area contributed by atoms with Gasteiger partial charge in [0.25, 0.3) is 0 Å². The summed E-state index contributed by atoms with van der Waals surface area (Å²) in [5.41, 5.74) is -1.02. The molecular weight excluding hydrogens is 208 g/mol. The number of nitrogens with one attached hydrogen (secondary N) is 2. The molecule has 1 aliphatic heterocycles. The maximum absolute atomic E-state index is 11.9. The number of imide groups is 2. The van der Waals surface area contributed by atoms with Crippen LogP contribution in [0, 0.1) is 17.3 Å². The van der Waals surface area contributed by atoms with Crippen molar-refractivity contribution in [1.29, 1.82) is 0 Å². The Balaban J connectivity index is 2.33. The molecule has 0 bridgehead atoms. The summed E-state index contributed by atoms with van der Waals surface area (Å²) >= 11 is 0. The highest BCUT2D eigenvalue weighted by molar-refractivity contribution is 6.19. The Morgan fingerprint density at radius 3 is 2.25 bits per heavy atom. The highest BCUT2D eigenvalue weighted by Crippen LogP contribution is 2.48. The molecule has 0 aromatic rings. The van der Waals surface area contributed by atoms with Crippen LogP contribution in [0.1, 0.15) is 33.1 Å². The van der Waals surface area contributed by atoms with E-state index in [9.17, 15) is 14.4 Å². The predicted octanol–water partition coefficient (Wildman–Crippen LogP) is 0.795. The van der Waals surface area contributed by atoms with E-state index in [1.165, 1.54) is 0 Å². The van der Waals surface area contributed by atoms with Gasteiger partial charge in [-0.25, -0.2) is 4.79 Å². The van der Waals surface area contributed by atoms with Gasteiger partial charge in [0, 0.05) is 0 Å². The van der Waals surface area contributed by atoms with Gasteiger partial charge in [0.1, 0.15) is 5.41 Å². The Morgan fingerprint density at radius 2 is 1.81 bits per heavy atom. The van der Waals surface area contributed by atoms with Gasteiger partial charge in [-0.05, 0) is 24.7 Å². The number of rotatable bonds is 1. The largest absolute Gasteiger partial charge is 0.328 e. The molecule has 4 amide bonds. The quantitative estimate of drug-likeness (QED) is 0.647. The van der Waals surface area contributed by atoms with E-state index in [4.69, 9.17) is 0 Å². The summed E-state index contributed by atoms with van der Waals surface area (Å²) in [6.07, 6.45) is 2.38. The second kappa shape index (κ2) is 3.57. The number of barbiturate groups is 1. The Bertz CT molecular complexity index is 344. The summed E-state index contributed by atoms with van der Waals surface area (Å²) in [5, 5.41) is 4.42. The number of urea groups is 1. The zero-order valence-electron chi connectivity index (χ0n) is 9.50. The summed E-state index contributed by atoms with van der Waals surface area (Å²) in [6.45, 7) is 3.96. The van der Waals surface area contributed by atoms with Crippen molar-refractivity contribution in [1.82, 2.24) is 10.6 Å². The van der Waals surface area contributed by atoms with E-state index in [1.807, 2.05) is 6.92 Å². The van der Waals surface area contributed by atoms with Gasteiger partial charge < -0.3 is 0 Å². The van der Waals surface area contributed by atoms with Crippen LogP contribution in [0.15, 0.2) is 0 Å². The minimum atomic E-state index is -1.02. The zero-order valence-corrected chi connectivity index (χ0v) is 9.50. The second-order valence-electron chi connectivity index (χ2n) is 4.82. The molecule has 2 fully saturated rings. The number of hydrogen-bond acceptors (Lipinski definition) is 3. The van der Waals surface area contributed by atoms with Crippen LogP contribution in [-0.4, -0.2) is 17.8 Å². The van der Waals surface area contributed by atoms with Gasteiger partial charge in [0.05, 0.1) is 0 Å². The SMILES string of the molecule is CCC1CC(C)C2(C1)C(=O)NC(=O)NC2=O. The highest BCUT2D eigenvalue weighted by atomic mass is 16.2. The average Bonchev–Trinajstić information content (AvgIpc) is 2.54. The molecule has 1 saturated heterocycles. The van der Waals surface area contributed by atoms with Crippen molar-refractivity contribution in [2.24, 2.45) is 17.3 Å². The zero-order chi connectivity index (χ0) is 11.9. The van der Waals surface area contributed by atoms with Gasteiger partial charge in [-0.3, -0.25) is 20.2 Å².